The Balaban J connectivity index is 1.79. The molecule has 1 N–H and O–H groups in total. The van der Waals surface area contributed by atoms with Crippen molar-refractivity contribution in [1.82, 2.24) is 19.7 Å². The molecule has 1 aliphatic heterocycles. The van der Waals surface area contributed by atoms with Gasteiger partial charge in [-0.2, -0.15) is 10.1 Å². The number of aromatic amines is 1. The van der Waals surface area contributed by atoms with Crippen LogP contribution in [0.25, 0.3) is 16.7 Å². The molecule has 0 bridgehead atoms. The molecule has 0 saturated carbocycles. The Bertz CT molecular complexity index is 944. The lowest BCUT2D eigenvalue weighted by Gasteiger charge is -2.37. The summed E-state index contributed by atoms with van der Waals surface area (Å²) in [4.78, 5) is 22.7. The van der Waals surface area contributed by atoms with E-state index in [1.165, 1.54) is 6.42 Å². The van der Waals surface area contributed by atoms with Gasteiger partial charge in [0.15, 0.2) is 5.65 Å². The summed E-state index contributed by atoms with van der Waals surface area (Å²) < 4.78 is 1.75. The first-order valence-corrected chi connectivity index (χ1v) is 9.43. The van der Waals surface area contributed by atoms with Gasteiger partial charge in [0.1, 0.15) is 5.39 Å². The molecule has 1 aromatic carbocycles. The molecule has 6 nitrogen and oxygen atoms in total. The van der Waals surface area contributed by atoms with Crippen LogP contribution < -0.4 is 10.5 Å². The summed E-state index contributed by atoms with van der Waals surface area (Å²) in [5.74, 6) is 1.29. The second kappa shape index (κ2) is 6.94. The van der Waals surface area contributed by atoms with Crippen LogP contribution >= 0.6 is 0 Å². The molecule has 4 rings (SSSR count). The van der Waals surface area contributed by atoms with Crippen LogP contribution in [-0.4, -0.2) is 32.3 Å². The van der Waals surface area contributed by atoms with Gasteiger partial charge in [-0.25, -0.2) is 4.68 Å². The Morgan fingerprint density at radius 2 is 2.04 bits per heavy atom. The minimum Gasteiger partial charge on any atom is -0.339 e. The van der Waals surface area contributed by atoms with E-state index in [0.29, 0.717) is 28.9 Å². The van der Waals surface area contributed by atoms with Crippen LogP contribution in [0, 0.1) is 5.92 Å². The van der Waals surface area contributed by atoms with Gasteiger partial charge >= 0.3 is 0 Å². The van der Waals surface area contributed by atoms with E-state index in [4.69, 9.17) is 4.98 Å². The number of H-pyrrole nitrogens is 1. The van der Waals surface area contributed by atoms with Crippen molar-refractivity contribution in [3.05, 3.63) is 46.9 Å². The van der Waals surface area contributed by atoms with Crippen molar-refractivity contribution in [3.8, 4) is 5.69 Å². The average molecular weight is 351 g/mol. The first-order valence-electron chi connectivity index (χ1n) is 9.43. The minimum atomic E-state index is -0.124. The second-order valence-corrected chi connectivity index (χ2v) is 7.49. The van der Waals surface area contributed by atoms with E-state index in [0.717, 1.165) is 31.5 Å². The zero-order valence-corrected chi connectivity index (χ0v) is 15.4. The lowest BCUT2D eigenvalue weighted by Crippen LogP contribution is -2.42. The number of benzene rings is 1. The highest BCUT2D eigenvalue weighted by Gasteiger charge is 2.26. The molecule has 6 heteroatoms. The minimum absolute atomic E-state index is 0.124. The van der Waals surface area contributed by atoms with Crippen LogP contribution in [0.15, 0.2) is 41.3 Å². The lowest BCUT2D eigenvalue weighted by molar-refractivity contribution is 0.389. The van der Waals surface area contributed by atoms with Gasteiger partial charge in [-0.3, -0.25) is 9.78 Å². The number of anilines is 1. The lowest BCUT2D eigenvalue weighted by atomic mass is 9.94. The summed E-state index contributed by atoms with van der Waals surface area (Å²) in [7, 11) is 0. The summed E-state index contributed by atoms with van der Waals surface area (Å²) in [5.41, 5.74) is 1.40. The van der Waals surface area contributed by atoms with Gasteiger partial charge in [-0.1, -0.05) is 32.0 Å². The maximum atomic E-state index is 12.6. The third kappa shape index (κ3) is 3.11. The molecule has 0 radical (unpaired) electrons. The molecule has 26 heavy (non-hydrogen) atoms. The molecule has 2 aromatic heterocycles. The average Bonchev–Trinajstić information content (AvgIpc) is 3.07. The van der Waals surface area contributed by atoms with Crippen molar-refractivity contribution in [2.75, 3.05) is 11.4 Å². The van der Waals surface area contributed by atoms with E-state index in [2.05, 4.69) is 28.8 Å². The Labute approximate surface area is 152 Å². The Morgan fingerprint density at radius 1 is 1.23 bits per heavy atom. The first-order chi connectivity index (χ1) is 12.6. The van der Waals surface area contributed by atoms with Crippen molar-refractivity contribution in [2.45, 2.75) is 45.6 Å². The first kappa shape index (κ1) is 16.8. The largest absolute Gasteiger partial charge is 0.339 e. The summed E-state index contributed by atoms with van der Waals surface area (Å²) in [5, 5.41) is 4.92. The van der Waals surface area contributed by atoms with Crippen LogP contribution in [-0.2, 0) is 0 Å². The maximum Gasteiger partial charge on any atom is 0.263 e. The summed E-state index contributed by atoms with van der Waals surface area (Å²) in [6.07, 6.45) is 6.23. The molecular formula is C20H25N5O. The number of rotatable bonds is 4. The van der Waals surface area contributed by atoms with E-state index < -0.39 is 0 Å². The number of nitrogens with one attached hydrogen (secondary N) is 1. The predicted molar refractivity (Wildman–Crippen MR) is 104 cm³/mol. The van der Waals surface area contributed by atoms with Gasteiger partial charge in [-0.05, 0) is 43.7 Å². The molecule has 1 fully saturated rings. The number of aromatic nitrogens is 4. The van der Waals surface area contributed by atoms with Crippen LogP contribution in [0.5, 0.6) is 0 Å². The molecule has 136 valence electrons. The fourth-order valence-corrected chi connectivity index (χ4v) is 3.87. The van der Waals surface area contributed by atoms with E-state index in [1.54, 1.807) is 10.9 Å². The van der Waals surface area contributed by atoms with E-state index in [-0.39, 0.29) is 5.56 Å². The van der Waals surface area contributed by atoms with E-state index >= 15 is 0 Å². The van der Waals surface area contributed by atoms with Gasteiger partial charge < -0.3 is 4.90 Å². The van der Waals surface area contributed by atoms with Crippen molar-refractivity contribution in [1.29, 1.82) is 0 Å². The highest BCUT2D eigenvalue weighted by Crippen LogP contribution is 2.26. The summed E-state index contributed by atoms with van der Waals surface area (Å²) in [6, 6.07) is 10.2. The zero-order valence-electron chi connectivity index (χ0n) is 15.4. The molecule has 3 aromatic rings. The van der Waals surface area contributed by atoms with Crippen molar-refractivity contribution >= 4 is 17.0 Å². The monoisotopic (exact) mass is 351 g/mol. The predicted octanol–water partition coefficient (Wildman–Crippen LogP) is 3.51. The summed E-state index contributed by atoms with van der Waals surface area (Å²) >= 11 is 0. The van der Waals surface area contributed by atoms with E-state index in [9.17, 15) is 4.79 Å². The van der Waals surface area contributed by atoms with Gasteiger partial charge in [0.05, 0.1) is 11.9 Å². The fourth-order valence-electron chi connectivity index (χ4n) is 3.87. The molecule has 0 aliphatic carbocycles. The Kier molecular flexibility index (Phi) is 4.49. The summed E-state index contributed by atoms with van der Waals surface area (Å²) in [6.45, 7) is 5.43. The third-order valence-corrected chi connectivity index (χ3v) is 5.07. The third-order valence-electron chi connectivity index (χ3n) is 5.07. The number of fused-ring (bicyclic) bond motifs is 1. The standard InChI is InChI=1S/C20H25N5O/c1-14(2)12-16-10-6-7-11-24(16)20-22-18-17(19(26)23-20)13-21-25(18)15-8-4-3-5-9-15/h3-5,8-9,13-14,16H,6-7,10-12H2,1-2H3,(H,22,23,26)/t16-/m1/s1. The molecule has 0 spiro atoms. The van der Waals surface area contributed by atoms with Crippen molar-refractivity contribution < 1.29 is 0 Å². The van der Waals surface area contributed by atoms with Crippen LogP contribution in [0.2, 0.25) is 0 Å². The van der Waals surface area contributed by atoms with Crippen LogP contribution in [0.4, 0.5) is 5.95 Å². The van der Waals surface area contributed by atoms with Crippen LogP contribution in [0.3, 0.4) is 0 Å². The molecule has 1 atom stereocenters. The zero-order chi connectivity index (χ0) is 18.1. The van der Waals surface area contributed by atoms with E-state index in [1.807, 2.05) is 30.3 Å². The number of nitrogens with zero attached hydrogens (tertiary/aromatic N) is 4. The number of piperidine rings is 1. The van der Waals surface area contributed by atoms with Gasteiger partial charge in [-0.15, -0.1) is 0 Å². The van der Waals surface area contributed by atoms with Crippen LogP contribution in [0.1, 0.15) is 39.5 Å². The highest BCUT2D eigenvalue weighted by atomic mass is 16.1. The number of hydrogen-bond acceptors (Lipinski definition) is 4. The molecule has 0 unspecified atom stereocenters. The maximum absolute atomic E-state index is 12.6. The van der Waals surface area contributed by atoms with Crippen molar-refractivity contribution in [2.24, 2.45) is 5.92 Å². The van der Waals surface area contributed by atoms with Gasteiger partial charge in [0, 0.05) is 12.6 Å². The topological polar surface area (TPSA) is 66.8 Å². The SMILES string of the molecule is CC(C)C[C@H]1CCCCN1c1nc2c(cnn2-c2ccccc2)c(=O)[nH]1. The Morgan fingerprint density at radius 3 is 2.81 bits per heavy atom. The fraction of sp³-hybridized carbons (Fsp3) is 0.450. The number of hydrogen-bond donors (Lipinski definition) is 1. The second-order valence-electron chi connectivity index (χ2n) is 7.49. The molecule has 3 heterocycles. The molecule has 0 amide bonds. The molecule has 1 aliphatic rings. The normalized spacial score (nSPS) is 18.0. The van der Waals surface area contributed by atoms with Crippen molar-refractivity contribution in [3.63, 3.8) is 0 Å². The molecular weight excluding hydrogens is 326 g/mol. The van der Waals surface area contributed by atoms with Gasteiger partial charge in [0.25, 0.3) is 5.56 Å². The smallest absolute Gasteiger partial charge is 0.263 e. The number of para-hydroxylation sites is 1. The quantitative estimate of drug-likeness (QED) is 0.781. The molecule has 1 saturated heterocycles. The highest BCUT2D eigenvalue weighted by molar-refractivity contribution is 5.76. The van der Waals surface area contributed by atoms with Gasteiger partial charge in [0.2, 0.25) is 5.95 Å². The Hall–Kier alpha value is -2.63.